The smallest absolute Gasteiger partial charge is 0.211 e. The zero-order valence-corrected chi connectivity index (χ0v) is 13.9. The lowest BCUT2D eigenvalue weighted by molar-refractivity contribution is 0.121. The summed E-state index contributed by atoms with van der Waals surface area (Å²) in [4.78, 5) is 2.28. The molecule has 2 rings (SSSR count). The van der Waals surface area contributed by atoms with Crippen molar-refractivity contribution in [2.75, 3.05) is 25.4 Å². The average molecular weight is 326 g/mol. The van der Waals surface area contributed by atoms with E-state index in [0.717, 1.165) is 24.9 Å². The molecule has 22 heavy (non-hydrogen) atoms. The van der Waals surface area contributed by atoms with E-state index in [4.69, 9.17) is 0 Å². The molecule has 5 nitrogen and oxygen atoms in total. The van der Waals surface area contributed by atoms with Gasteiger partial charge in [-0.2, -0.15) is 0 Å². The lowest BCUT2D eigenvalue weighted by atomic mass is 10.0. The van der Waals surface area contributed by atoms with E-state index in [9.17, 15) is 13.5 Å². The number of benzene rings is 1. The summed E-state index contributed by atoms with van der Waals surface area (Å²) in [6.07, 6.45) is 2.40. The first-order valence-corrected chi connectivity index (χ1v) is 9.61. The number of hydrogen-bond acceptors (Lipinski definition) is 4. The Kier molecular flexibility index (Phi) is 6.37. The Bertz CT molecular complexity index is 548. The van der Waals surface area contributed by atoms with Gasteiger partial charge in [0.1, 0.15) is 0 Å². The number of nitrogens with one attached hydrogen (secondary N) is 1. The van der Waals surface area contributed by atoms with Gasteiger partial charge in [-0.3, -0.25) is 4.90 Å². The van der Waals surface area contributed by atoms with Crippen molar-refractivity contribution in [1.82, 2.24) is 9.62 Å². The fraction of sp³-hybridized carbons (Fsp3) is 0.625. The fourth-order valence-corrected chi connectivity index (χ4v) is 3.58. The highest BCUT2D eigenvalue weighted by Gasteiger charge is 2.26. The molecule has 2 N–H and O–H groups in total. The maximum absolute atomic E-state index is 11.4. The molecule has 124 valence electrons. The van der Waals surface area contributed by atoms with Crippen molar-refractivity contribution in [2.24, 2.45) is 0 Å². The van der Waals surface area contributed by atoms with E-state index < -0.39 is 16.1 Å². The van der Waals surface area contributed by atoms with Gasteiger partial charge in [0.15, 0.2) is 0 Å². The van der Waals surface area contributed by atoms with Crippen LogP contribution in [0.5, 0.6) is 0 Å². The number of aliphatic hydroxyl groups excluding tert-OH is 1. The second-order valence-corrected chi connectivity index (χ2v) is 7.89. The summed E-state index contributed by atoms with van der Waals surface area (Å²) >= 11 is 0. The van der Waals surface area contributed by atoms with Gasteiger partial charge in [-0.25, -0.2) is 13.1 Å². The van der Waals surface area contributed by atoms with Crippen molar-refractivity contribution < 1.29 is 13.5 Å². The van der Waals surface area contributed by atoms with Crippen LogP contribution >= 0.6 is 0 Å². The molecule has 1 saturated heterocycles. The van der Waals surface area contributed by atoms with Crippen molar-refractivity contribution in [2.45, 2.75) is 38.3 Å². The van der Waals surface area contributed by atoms with Gasteiger partial charge in [0.2, 0.25) is 10.0 Å². The first-order valence-electron chi connectivity index (χ1n) is 7.96. The van der Waals surface area contributed by atoms with E-state index >= 15 is 0 Å². The Morgan fingerprint density at radius 1 is 1.36 bits per heavy atom. The summed E-state index contributed by atoms with van der Waals surface area (Å²) in [6.45, 7) is 3.75. The standard InChI is InChI=1S/C16H26N2O3S/c1-2-22(20,21)17-10-12-18-11-6-9-15(18)13-16(19)14-7-4-3-5-8-14/h3-5,7-8,15-17,19H,2,6,9-13H2,1H3. The first-order chi connectivity index (χ1) is 10.5. The van der Waals surface area contributed by atoms with Crippen LogP contribution in [-0.2, 0) is 10.0 Å². The molecule has 0 bridgehead atoms. The average Bonchev–Trinajstić information content (AvgIpc) is 2.95. The minimum absolute atomic E-state index is 0.114. The molecule has 1 fully saturated rings. The Labute approximate surface area is 133 Å². The number of hydrogen-bond donors (Lipinski definition) is 2. The Balaban J connectivity index is 1.83. The van der Waals surface area contributed by atoms with Crippen molar-refractivity contribution >= 4 is 10.0 Å². The number of sulfonamides is 1. The maximum atomic E-state index is 11.4. The first kappa shape index (κ1) is 17.4. The van der Waals surface area contributed by atoms with Crippen LogP contribution in [0.4, 0.5) is 0 Å². The summed E-state index contributed by atoms with van der Waals surface area (Å²) in [5.74, 6) is 0.114. The van der Waals surface area contributed by atoms with Crippen LogP contribution in [-0.4, -0.2) is 49.9 Å². The van der Waals surface area contributed by atoms with Crippen molar-refractivity contribution in [3.05, 3.63) is 35.9 Å². The van der Waals surface area contributed by atoms with E-state index in [0.29, 0.717) is 25.6 Å². The highest BCUT2D eigenvalue weighted by Crippen LogP contribution is 2.26. The SMILES string of the molecule is CCS(=O)(=O)NCCN1CCCC1CC(O)c1ccccc1. The zero-order valence-electron chi connectivity index (χ0n) is 13.1. The van der Waals surface area contributed by atoms with E-state index in [1.165, 1.54) is 0 Å². The van der Waals surface area contributed by atoms with Crippen LogP contribution in [0.2, 0.25) is 0 Å². The van der Waals surface area contributed by atoms with E-state index in [1.807, 2.05) is 30.3 Å². The Morgan fingerprint density at radius 3 is 2.77 bits per heavy atom. The molecule has 0 aromatic heterocycles. The second-order valence-electron chi connectivity index (χ2n) is 5.79. The van der Waals surface area contributed by atoms with Gasteiger partial charge in [-0.1, -0.05) is 30.3 Å². The largest absolute Gasteiger partial charge is 0.388 e. The van der Waals surface area contributed by atoms with Gasteiger partial charge < -0.3 is 5.11 Å². The molecular weight excluding hydrogens is 300 g/mol. The third kappa shape index (κ3) is 5.05. The van der Waals surface area contributed by atoms with Gasteiger partial charge >= 0.3 is 0 Å². The quantitative estimate of drug-likeness (QED) is 0.760. The van der Waals surface area contributed by atoms with Crippen LogP contribution in [0.25, 0.3) is 0 Å². The third-order valence-electron chi connectivity index (χ3n) is 4.28. The molecule has 6 heteroatoms. The summed E-state index contributed by atoms with van der Waals surface area (Å²) in [6, 6.07) is 10.0. The fourth-order valence-electron chi connectivity index (χ4n) is 2.97. The lowest BCUT2D eigenvalue weighted by Crippen LogP contribution is -2.38. The monoisotopic (exact) mass is 326 g/mol. The van der Waals surface area contributed by atoms with Crippen LogP contribution in [0, 0.1) is 0 Å². The normalized spacial score (nSPS) is 21.1. The van der Waals surface area contributed by atoms with Crippen molar-refractivity contribution in [3.63, 3.8) is 0 Å². The van der Waals surface area contributed by atoms with Crippen LogP contribution in [0.3, 0.4) is 0 Å². The molecule has 1 aliphatic rings. The summed E-state index contributed by atoms with van der Waals surface area (Å²) in [7, 11) is -3.12. The minimum Gasteiger partial charge on any atom is -0.388 e. The molecule has 1 heterocycles. The molecule has 1 aromatic carbocycles. The van der Waals surface area contributed by atoms with Crippen molar-refractivity contribution in [1.29, 1.82) is 0 Å². The number of rotatable bonds is 8. The molecule has 0 saturated carbocycles. The third-order valence-corrected chi connectivity index (χ3v) is 5.68. The molecule has 1 aromatic rings. The van der Waals surface area contributed by atoms with E-state index in [1.54, 1.807) is 6.92 Å². The van der Waals surface area contributed by atoms with Crippen LogP contribution in [0.1, 0.15) is 37.9 Å². The van der Waals surface area contributed by atoms with Gasteiger partial charge in [-0.05, 0) is 38.3 Å². The minimum atomic E-state index is -3.12. The number of nitrogens with zero attached hydrogens (tertiary/aromatic N) is 1. The van der Waals surface area contributed by atoms with Gasteiger partial charge in [0.05, 0.1) is 11.9 Å². The predicted molar refractivity (Wildman–Crippen MR) is 88.1 cm³/mol. The van der Waals surface area contributed by atoms with E-state index in [2.05, 4.69) is 9.62 Å². The molecule has 0 aliphatic carbocycles. The molecular formula is C16H26N2O3S. The van der Waals surface area contributed by atoms with Gasteiger partial charge in [-0.15, -0.1) is 0 Å². The maximum Gasteiger partial charge on any atom is 0.211 e. The summed E-state index contributed by atoms with van der Waals surface area (Å²) in [5.41, 5.74) is 0.945. The molecule has 1 aliphatic heterocycles. The topological polar surface area (TPSA) is 69.6 Å². The van der Waals surface area contributed by atoms with Gasteiger partial charge in [0.25, 0.3) is 0 Å². The highest BCUT2D eigenvalue weighted by atomic mass is 32.2. The van der Waals surface area contributed by atoms with Gasteiger partial charge in [0, 0.05) is 19.1 Å². The molecule has 0 spiro atoms. The predicted octanol–water partition coefficient (Wildman–Crippen LogP) is 1.51. The molecule has 0 radical (unpaired) electrons. The Hall–Kier alpha value is -0.950. The lowest BCUT2D eigenvalue weighted by Gasteiger charge is -2.26. The zero-order chi connectivity index (χ0) is 16.0. The number of aliphatic hydroxyl groups is 1. The van der Waals surface area contributed by atoms with E-state index in [-0.39, 0.29) is 5.75 Å². The van der Waals surface area contributed by atoms with Crippen molar-refractivity contribution in [3.8, 4) is 0 Å². The number of likely N-dealkylation sites (tertiary alicyclic amines) is 1. The Morgan fingerprint density at radius 2 is 2.09 bits per heavy atom. The molecule has 2 unspecified atom stereocenters. The molecule has 0 amide bonds. The van der Waals surface area contributed by atoms with Crippen LogP contribution < -0.4 is 4.72 Å². The highest BCUT2D eigenvalue weighted by molar-refractivity contribution is 7.89. The summed E-state index contributed by atoms with van der Waals surface area (Å²) < 4.78 is 25.5. The van der Waals surface area contributed by atoms with Crippen LogP contribution in [0.15, 0.2) is 30.3 Å². The summed E-state index contributed by atoms with van der Waals surface area (Å²) in [5, 5.41) is 10.4. The molecule has 2 atom stereocenters. The second kappa shape index (κ2) is 8.06.